The average Bonchev–Trinajstić information content (AvgIpc) is 2.02. The van der Waals surface area contributed by atoms with Gasteiger partial charge in [-0.1, -0.05) is 13.0 Å². The average molecular weight is 201 g/mol. The predicted molar refractivity (Wildman–Crippen MR) is 55.1 cm³/mol. The summed E-state index contributed by atoms with van der Waals surface area (Å²) >= 11 is 0. The second kappa shape index (κ2) is 6.56. The zero-order chi connectivity index (χ0) is 11.1. The number of rotatable bonds is 7. The van der Waals surface area contributed by atoms with Crippen molar-refractivity contribution in [2.45, 2.75) is 20.0 Å². The number of carboxylic acids is 1. The van der Waals surface area contributed by atoms with Crippen LogP contribution < -0.4 is 0 Å². The summed E-state index contributed by atoms with van der Waals surface area (Å²) in [7, 11) is 0. The summed E-state index contributed by atoms with van der Waals surface area (Å²) in [5.41, 5.74) is 0. The second-order valence-electron chi connectivity index (χ2n) is 3.60. The van der Waals surface area contributed by atoms with Crippen molar-refractivity contribution in [2.24, 2.45) is 5.92 Å². The van der Waals surface area contributed by atoms with E-state index in [4.69, 9.17) is 5.11 Å². The number of hydrogen-bond donors (Lipinski definition) is 2. The molecule has 2 N–H and O–H groups in total. The Morgan fingerprint density at radius 1 is 1.50 bits per heavy atom. The summed E-state index contributed by atoms with van der Waals surface area (Å²) in [5, 5.41) is 17.9. The highest BCUT2D eigenvalue weighted by atomic mass is 16.4. The first-order valence-corrected chi connectivity index (χ1v) is 4.71. The Balaban J connectivity index is 4.07. The number of carboxylic acid groups (broad SMARTS) is 1. The summed E-state index contributed by atoms with van der Waals surface area (Å²) in [4.78, 5) is 12.5. The molecule has 0 aromatic heterocycles. The van der Waals surface area contributed by atoms with E-state index in [-0.39, 0.29) is 0 Å². The first-order valence-electron chi connectivity index (χ1n) is 4.71. The lowest BCUT2D eigenvalue weighted by atomic mass is 10.1. The van der Waals surface area contributed by atoms with Crippen molar-refractivity contribution < 1.29 is 15.0 Å². The molecule has 0 heterocycles. The Hall–Kier alpha value is -0.870. The number of nitrogens with zero attached hydrogens (tertiary/aromatic N) is 1. The number of carbonyl (C=O) groups is 1. The molecular weight excluding hydrogens is 182 g/mol. The second-order valence-corrected chi connectivity index (χ2v) is 3.60. The van der Waals surface area contributed by atoms with Gasteiger partial charge in [0.25, 0.3) is 0 Å². The van der Waals surface area contributed by atoms with Gasteiger partial charge in [-0.2, -0.15) is 0 Å². The van der Waals surface area contributed by atoms with Gasteiger partial charge in [-0.15, -0.1) is 6.58 Å². The van der Waals surface area contributed by atoms with Gasteiger partial charge >= 0.3 is 5.97 Å². The molecule has 14 heavy (non-hydrogen) atoms. The topological polar surface area (TPSA) is 60.8 Å². The zero-order valence-electron chi connectivity index (χ0n) is 8.81. The Bertz CT molecular complexity index is 192. The van der Waals surface area contributed by atoms with E-state index < -0.39 is 18.0 Å². The highest BCUT2D eigenvalue weighted by molar-refractivity contribution is 5.69. The minimum Gasteiger partial charge on any atom is -0.481 e. The first-order chi connectivity index (χ1) is 6.47. The maximum Gasteiger partial charge on any atom is 0.307 e. The predicted octanol–water partition coefficient (Wildman–Crippen LogP) is 0.576. The molecule has 0 saturated carbocycles. The lowest BCUT2D eigenvalue weighted by Gasteiger charge is -2.23. The van der Waals surface area contributed by atoms with E-state index in [2.05, 4.69) is 6.58 Å². The van der Waals surface area contributed by atoms with Gasteiger partial charge < -0.3 is 10.2 Å². The third kappa shape index (κ3) is 5.72. The maximum absolute atomic E-state index is 10.6. The molecule has 82 valence electrons. The van der Waals surface area contributed by atoms with Crippen LogP contribution in [0.4, 0.5) is 0 Å². The minimum absolute atomic E-state index is 0.423. The number of aliphatic hydroxyl groups excluding tert-OH is 1. The zero-order valence-corrected chi connectivity index (χ0v) is 8.81. The van der Waals surface area contributed by atoms with E-state index in [1.807, 2.05) is 4.90 Å². The Kier molecular flexibility index (Phi) is 6.16. The molecule has 0 saturated heterocycles. The van der Waals surface area contributed by atoms with Crippen LogP contribution in [0.1, 0.15) is 13.8 Å². The highest BCUT2D eigenvalue weighted by Gasteiger charge is 2.16. The van der Waals surface area contributed by atoms with E-state index in [9.17, 15) is 9.90 Å². The minimum atomic E-state index is -0.815. The molecule has 2 unspecified atom stereocenters. The van der Waals surface area contributed by atoms with E-state index in [1.165, 1.54) is 0 Å². The molecule has 0 radical (unpaired) electrons. The standard InChI is InChI=1S/C10H19NO3/c1-4-5-11(7-9(3)12)6-8(2)10(13)14/h4,8-9,12H,1,5-7H2,2-3H3,(H,13,14). The molecule has 4 heteroatoms. The van der Waals surface area contributed by atoms with Gasteiger partial charge in [-0.25, -0.2) is 0 Å². The molecule has 0 aliphatic rings. The van der Waals surface area contributed by atoms with Crippen LogP contribution in [0.3, 0.4) is 0 Å². The van der Waals surface area contributed by atoms with Crippen LogP contribution in [-0.2, 0) is 4.79 Å². The van der Waals surface area contributed by atoms with Crippen LogP contribution in [0.2, 0.25) is 0 Å². The fourth-order valence-electron chi connectivity index (χ4n) is 1.25. The van der Waals surface area contributed by atoms with Crippen molar-refractivity contribution in [2.75, 3.05) is 19.6 Å². The first kappa shape index (κ1) is 13.1. The van der Waals surface area contributed by atoms with Gasteiger partial charge in [-0.05, 0) is 6.92 Å². The Morgan fingerprint density at radius 3 is 2.43 bits per heavy atom. The van der Waals surface area contributed by atoms with Crippen molar-refractivity contribution in [1.82, 2.24) is 4.90 Å². The summed E-state index contributed by atoms with van der Waals surface area (Å²) < 4.78 is 0. The lowest BCUT2D eigenvalue weighted by Crippen LogP contribution is -2.36. The van der Waals surface area contributed by atoms with Crippen LogP contribution in [0.15, 0.2) is 12.7 Å². The van der Waals surface area contributed by atoms with Crippen LogP contribution in [0.25, 0.3) is 0 Å². The lowest BCUT2D eigenvalue weighted by molar-refractivity contribution is -0.141. The van der Waals surface area contributed by atoms with Crippen LogP contribution in [0.5, 0.6) is 0 Å². The maximum atomic E-state index is 10.6. The molecule has 0 aliphatic carbocycles. The summed E-state index contributed by atoms with van der Waals surface area (Å²) in [6.07, 6.45) is 1.26. The van der Waals surface area contributed by atoms with Crippen molar-refractivity contribution in [3.05, 3.63) is 12.7 Å². The van der Waals surface area contributed by atoms with Crippen molar-refractivity contribution in [3.63, 3.8) is 0 Å². The molecule has 0 aromatic rings. The Labute approximate surface area is 84.8 Å². The van der Waals surface area contributed by atoms with Crippen LogP contribution >= 0.6 is 0 Å². The van der Waals surface area contributed by atoms with Gasteiger partial charge in [0, 0.05) is 19.6 Å². The molecule has 0 aliphatic heterocycles. The smallest absolute Gasteiger partial charge is 0.307 e. The van der Waals surface area contributed by atoms with E-state index in [1.54, 1.807) is 19.9 Å². The van der Waals surface area contributed by atoms with E-state index in [0.717, 1.165) is 0 Å². The molecule has 2 atom stereocenters. The third-order valence-electron chi connectivity index (χ3n) is 1.86. The fourth-order valence-corrected chi connectivity index (χ4v) is 1.25. The van der Waals surface area contributed by atoms with Crippen LogP contribution in [-0.4, -0.2) is 46.8 Å². The van der Waals surface area contributed by atoms with Crippen LogP contribution in [0, 0.1) is 5.92 Å². The number of aliphatic carboxylic acids is 1. The molecule has 4 nitrogen and oxygen atoms in total. The normalized spacial score (nSPS) is 15.1. The number of aliphatic hydroxyl groups is 1. The van der Waals surface area contributed by atoms with Gasteiger partial charge in [0.15, 0.2) is 0 Å². The Morgan fingerprint density at radius 2 is 2.07 bits per heavy atom. The quantitative estimate of drug-likeness (QED) is 0.591. The summed E-state index contributed by atoms with van der Waals surface area (Å²) in [5.74, 6) is -1.24. The highest BCUT2D eigenvalue weighted by Crippen LogP contribution is 2.01. The van der Waals surface area contributed by atoms with E-state index >= 15 is 0 Å². The monoisotopic (exact) mass is 201 g/mol. The number of hydrogen-bond acceptors (Lipinski definition) is 3. The molecule has 0 rings (SSSR count). The summed E-state index contributed by atoms with van der Waals surface area (Å²) in [6.45, 7) is 8.44. The summed E-state index contributed by atoms with van der Waals surface area (Å²) in [6, 6.07) is 0. The van der Waals surface area contributed by atoms with Gasteiger partial charge in [0.2, 0.25) is 0 Å². The molecular formula is C10H19NO3. The van der Waals surface area contributed by atoms with Crippen molar-refractivity contribution in [3.8, 4) is 0 Å². The van der Waals surface area contributed by atoms with Gasteiger partial charge in [0.1, 0.15) is 0 Å². The largest absolute Gasteiger partial charge is 0.481 e. The molecule has 0 bridgehead atoms. The van der Waals surface area contributed by atoms with Gasteiger partial charge in [0.05, 0.1) is 12.0 Å². The third-order valence-corrected chi connectivity index (χ3v) is 1.86. The van der Waals surface area contributed by atoms with Crippen molar-refractivity contribution >= 4 is 5.97 Å². The fraction of sp³-hybridized carbons (Fsp3) is 0.700. The molecule has 0 spiro atoms. The van der Waals surface area contributed by atoms with Gasteiger partial charge in [-0.3, -0.25) is 9.69 Å². The SMILES string of the molecule is C=CCN(CC(C)O)CC(C)C(=O)O. The molecule has 0 fully saturated rings. The van der Waals surface area contributed by atoms with E-state index in [0.29, 0.717) is 19.6 Å². The van der Waals surface area contributed by atoms with Crippen molar-refractivity contribution in [1.29, 1.82) is 0 Å². The molecule has 0 aromatic carbocycles. The molecule has 0 amide bonds.